The Balaban J connectivity index is 3.04. The number of hydrogen-bond acceptors (Lipinski definition) is 4. The lowest BCUT2D eigenvalue weighted by Crippen LogP contribution is -2.34. The minimum Gasteiger partial charge on any atom is -0.395 e. The summed E-state index contributed by atoms with van der Waals surface area (Å²) in [6, 6.07) is 3.01. The van der Waals surface area contributed by atoms with Crippen LogP contribution in [0.4, 0.5) is 10.1 Å². The third-order valence-electron chi connectivity index (χ3n) is 2.54. The molecule has 104 valence electrons. The number of nitro benzene ring substituents is 1. The molecule has 1 aromatic rings. The second kappa shape index (κ2) is 6.79. The van der Waals surface area contributed by atoms with Crippen LogP contribution < -0.4 is 0 Å². The molecule has 1 N–H and O–H groups in total. The Bertz CT molecular complexity index is 473. The number of halogens is 1. The van der Waals surface area contributed by atoms with Gasteiger partial charge in [-0.05, 0) is 18.6 Å². The molecule has 0 fully saturated rings. The molecule has 0 unspecified atom stereocenters. The Morgan fingerprint density at radius 1 is 1.47 bits per heavy atom. The number of nitro groups is 1. The van der Waals surface area contributed by atoms with Gasteiger partial charge in [0.1, 0.15) is 0 Å². The summed E-state index contributed by atoms with van der Waals surface area (Å²) in [6.45, 7) is 2.22. The van der Waals surface area contributed by atoms with Crippen LogP contribution in [0, 0.1) is 15.9 Å². The van der Waals surface area contributed by atoms with Gasteiger partial charge in [0.25, 0.3) is 5.91 Å². The van der Waals surface area contributed by atoms with E-state index in [-0.39, 0.29) is 18.7 Å². The lowest BCUT2D eigenvalue weighted by Gasteiger charge is -2.20. The fourth-order valence-electron chi connectivity index (χ4n) is 1.67. The van der Waals surface area contributed by atoms with E-state index in [0.717, 1.165) is 12.1 Å². The van der Waals surface area contributed by atoms with Crippen LogP contribution in [0.5, 0.6) is 0 Å². The van der Waals surface area contributed by atoms with Gasteiger partial charge in [0.2, 0.25) is 5.82 Å². The average molecular weight is 270 g/mol. The molecule has 0 aromatic heterocycles. The molecule has 0 radical (unpaired) electrons. The largest absolute Gasteiger partial charge is 0.395 e. The van der Waals surface area contributed by atoms with Crippen LogP contribution in [0.15, 0.2) is 18.2 Å². The molecule has 1 amide bonds. The highest BCUT2D eigenvalue weighted by molar-refractivity contribution is 5.94. The summed E-state index contributed by atoms with van der Waals surface area (Å²) in [5.74, 6) is -1.44. The van der Waals surface area contributed by atoms with E-state index in [2.05, 4.69) is 0 Å². The topological polar surface area (TPSA) is 83.7 Å². The van der Waals surface area contributed by atoms with E-state index in [9.17, 15) is 19.3 Å². The van der Waals surface area contributed by atoms with Gasteiger partial charge in [-0.25, -0.2) is 0 Å². The van der Waals surface area contributed by atoms with Crippen molar-refractivity contribution in [1.82, 2.24) is 4.90 Å². The first-order valence-electron chi connectivity index (χ1n) is 5.85. The van der Waals surface area contributed by atoms with Crippen molar-refractivity contribution in [2.45, 2.75) is 13.3 Å². The van der Waals surface area contributed by atoms with Gasteiger partial charge in [0.15, 0.2) is 0 Å². The Morgan fingerprint density at radius 3 is 2.68 bits per heavy atom. The number of hydrogen-bond donors (Lipinski definition) is 1. The van der Waals surface area contributed by atoms with E-state index >= 15 is 0 Å². The van der Waals surface area contributed by atoms with E-state index in [0.29, 0.717) is 13.0 Å². The lowest BCUT2D eigenvalue weighted by atomic mass is 10.1. The van der Waals surface area contributed by atoms with Gasteiger partial charge in [-0.15, -0.1) is 0 Å². The van der Waals surface area contributed by atoms with Crippen molar-refractivity contribution in [3.8, 4) is 0 Å². The average Bonchev–Trinajstić information content (AvgIpc) is 2.38. The van der Waals surface area contributed by atoms with Crippen molar-refractivity contribution >= 4 is 11.6 Å². The van der Waals surface area contributed by atoms with Gasteiger partial charge in [0, 0.05) is 24.7 Å². The van der Waals surface area contributed by atoms with E-state index in [1.165, 1.54) is 11.0 Å². The molecule has 6 nitrogen and oxygen atoms in total. The van der Waals surface area contributed by atoms with E-state index < -0.39 is 22.3 Å². The lowest BCUT2D eigenvalue weighted by molar-refractivity contribution is -0.387. The molecule has 19 heavy (non-hydrogen) atoms. The number of carbonyl (C=O) groups is 1. The zero-order chi connectivity index (χ0) is 14.4. The van der Waals surface area contributed by atoms with Crippen LogP contribution in [-0.4, -0.2) is 40.5 Å². The molecular formula is C12H15FN2O4. The molecule has 0 saturated heterocycles. The molecule has 0 aliphatic carbocycles. The molecule has 0 spiro atoms. The van der Waals surface area contributed by atoms with Crippen LogP contribution in [-0.2, 0) is 0 Å². The molecule has 0 aliphatic rings. The number of aliphatic hydroxyl groups excluding tert-OH is 1. The van der Waals surface area contributed by atoms with Gasteiger partial charge in [-0.3, -0.25) is 14.9 Å². The van der Waals surface area contributed by atoms with Crippen LogP contribution in [0.2, 0.25) is 0 Å². The Labute approximate surface area is 109 Å². The van der Waals surface area contributed by atoms with Crippen molar-refractivity contribution in [2.75, 3.05) is 19.7 Å². The summed E-state index contributed by atoms with van der Waals surface area (Å²) >= 11 is 0. The van der Waals surface area contributed by atoms with Crippen molar-refractivity contribution in [3.63, 3.8) is 0 Å². The van der Waals surface area contributed by atoms with Crippen molar-refractivity contribution < 1.29 is 19.2 Å². The predicted molar refractivity (Wildman–Crippen MR) is 66.3 cm³/mol. The SMILES string of the molecule is CCCN(CCO)C(=O)c1ccc(F)c([N+](=O)[O-])c1. The summed E-state index contributed by atoms with van der Waals surface area (Å²) in [7, 11) is 0. The standard InChI is InChI=1S/C12H15FN2O4/c1-2-5-14(6-7-16)12(17)9-3-4-10(13)11(8-9)15(18)19/h3-4,8,16H,2,5-7H2,1H3. The quantitative estimate of drug-likeness (QED) is 0.628. The smallest absolute Gasteiger partial charge is 0.305 e. The molecule has 1 rings (SSSR count). The third kappa shape index (κ3) is 3.72. The summed E-state index contributed by atoms with van der Waals surface area (Å²) in [4.78, 5) is 23.2. The highest BCUT2D eigenvalue weighted by Gasteiger charge is 2.20. The number of rotatable bonds is 6. The normalized spacial score (nSPS) is 10.3. The third-order valence-corrected chi connectivity index (χ3v) is 2.54. The molecular weight excluding hydrogens is 255 g/mol. The predicted octanol–water partition coefficient (Wildman–Crippen LogP) is 1.58. The molecule has 0 heterocycles. The number of nitrogens with zero attached hydrogens (tertiary/aromatic N) is 2. The Kier molecular flexibility index (Phi) is 5.37. The van der Waals surface area contributed by atoms with Crippen LogP contribution in [0.1, 0.15) is 23.7 Å². The fourth-order valence-corrected chi connectivity index (χ4v) is 1.67. The molecule has 0 aliphatic heterocycles. The summed E-state index contributed by atoms with van der Waals surface area (Å²) in [5, 5.41) is 19.5. The van der Waals surface area contributed by atoms with Crippen molar-refractivity contribution in [1.29, 1.82) is 0 Å². The first kappa shape index (κ1) is 15.0. The highest BCUT2D eigenvalue weighted by atomic mass is 19.1. The molecule has 7 heteroatoms. The number of amides is 1. The van der Waals surface area contributed by atoms with E-state index in [1.54, 1.807) is 0 Å². The number of aliphatic hydroxyl groups is 1. The van der Waals surface area contributed by atoms with Gasteiger partial charge in [-0.2, -0.15) is 4.39 Å². The van der Waals surface area contributed by atoms with Gasteiger partial charge < -0.3 is 10.0 Å². The van der Waals surface area contributed by atoms with Crippen LogP contribution in [0.25, 0.3) is 0 Å². The number of carbonyl (C=O) groups excluding carboxylic acids is 1. The Hall–Kier alpha value is -2.02. The molecule has 0 bridgehead atoms. The first-order chi connectivity index (χ1) is 9.01. The zero-order valence-corrected chi connectivity index (χ0v) is 10.5. The van der Waals surface area contributed by atoms with Crippen LogP contribution in [0.3, 0.4) is 0 Å². The second-order valence-corrected chi connectivity index (χ2v) is 3.94. The molecule has 0 saturated carbocycles. The summed E-state index contributed by atoms with van der Waals surface area (Å²) < 4.78 is 13.2. The van der Waals surface area contributed by atoms with Crippen molar-refractivity contribution in [2.24, 2.45) is 0 Å². The summed E-state index contributed by atoms with van der Waals surface area (Å²) in [5.41, 5.74) is -0.693. The second-order valence-electron chi connectivity index (χ2n) is 3.94. The maximum absolute atomic E-state index is 13.2. The van der Waals surface area contributed by atoms with Crippen LogP contribution >= 0.6 is 0 Å². The van der Waals surface area contributed by atoms with E-state index in [1.807, 2.05) is 6.92 Å². The zero-order valence-electron chi connectivity index (χ0n) is 10.5. The number of benzene rings is 1. The maximum Gasteiger partial charge on any atom is 0.305 e. The highest BCUT2D eigenvalue weighted by Crippen LogP contribution is 2.19. The first-order valence-corrected chi connectivity index (χ1v) is 5.85. The van der Waals surface area contributed by atoms with Gasteiger partial charge in [-0.1, -0.05) is 6.92 Å². The summed E-state index contributed by atoms with van der Waals surface area (Å²) in [6.07, 6.45) is 0.690. The molecule has 0 atom stereocenters. The minimum atomic E-state index is -0.981. The fraction of sp³-hybridized carbons (Fsp3) is 0.417. The Morgan fingerprint density at radius 2 is 2.16 bits per heavy atom. The van der Waals surface area contributed by atoms with Crippen molar-refractivity contribution in [3.05, 3.63) is 39.7 Å². The molecule has 1 aromatic carbocycles. The minimum absolute atomic E-state index is 0.0370. The maximum atomic E-state index is 13.2. The van der Waals surface area contributed by atoms with E-state index in [4.69, 9.17) is 5.11 Å². The van der Waals surface area contributed by atoms with Gasteiger partial charge in [0.05, 0.1) is 11.5 Å². The van der Waals surface area contributed by atoms with Gasteiger partial charge >= 0.3 is 5.69 Å². The monoisotopic (exact) mass is 270 g/mol.